The fourth-order valence-electron chi connectivity index (χ4n) is 3.02. The average Bonchev–Trinajstić information content (AvgIpc) is 3.25. The van der Waals surface area contributed by atoms with Crippen LogP contribution in [0.4, 0.5) is 5.69 Å². The molecule has 3 rings (SSSR count). The minimum Gasteiger partial charge on any atom is -0.497 e. The summed E-state index contributed by atoms with van der Waals surface area (Å²) in [6, 6.07) is 15.3. The lowest BCUT2D eigenvalue weighted by molar-refractivity contribution is -0.123. The zero-order valence-corrected chi connectivity index (χ0v) is 18.1. The highest BCUT2D eigenvalue weighted by atomic mass is 32.1. The topological polar surface area (TPSA) is 84.4 Å². The van der Waals surface area contributed by atoms with Gasteiger partial charge < -0.3 is 10.1 Å². The van der Waals surface area contributed by atoms with Crippen LogP contribution in [0.1, 0.15) is 42.9 Å². The largest absolute Gasteiger partial charge is 0.497 e. The number of amides is 2. The first-order valence-electron chi connectivity index (χ1n) is 9.42. The van der Waals surface area contributed by atoms with Gasteiger partial charge in [-0.1, -0.05) is 34.8 Å². The van der Waals surface area contributed by atoms with Gasteiger partial charge in [-0.15, -0.1) is 5.10 Å². The first kappa shape index (κ1) is 21.4. The zero-order chi connectivity index (χ0) is 21.7. The molecule has 1 heterocycles. The van der Waals surface area contributed by atoms with Crippen LogP contribution >= 0.6 is 11.5 Å². The Hall–Kier alpha value is -3.26. The van der Waals surface area contributed by atoms with Crippen molar-refractivity contribution in [2.45, 2.75) is 32.4 Å². The van der Waals surface area contributed by atoms with Gasteiger partial charge in [0.15, 0.2) is 5.69 Å². The third-order valence-corrected chi connectivity index (χ3v) is 4.75. The molecule has 1 atom stereocenters. The van der Waals surface area contributed by atoms with Crippen molar-refractivity contribution in [3.63, 3.8) is 0 Å². The smallest absolute Gasteiger partial charge is 0.280 e. The second-order valence-electron chi connectivity index (χ2n) is 7.72. The van der Waals surface area contributed by atoms with Crippen LogP contribution in [0, 0.1) is 0 Å². The highest BCUT2D eigenvalue weighted by molar-refractivity contribution is 7.03. The van der Waals surface area contributed by atoms with Crippen LogP contribution in [0.15, 0.2) is 60.0 Å². The molecule has 7 nitrogen and oxygen atoms in total. The standard InChI is InChI=1S/C22H24N4O3S/c1-22(2,3)23-20(27)19(15-9-8-12-17(13-15)29-4)26(16-10-6-5-7-11-16)21(28)18-14-30-25-24-18/h5-14,19H,1-4H3,(H,23,27)/t19-/m1/s1. The number of methoxy groups -OCH3 is 1. The molecule has 156 valence electrons. The van der Waals surface area contributed by atoms with E-state index in [-0.39, 0.29) is 11.6 Å². The van der Waals surface area contributed by atoms with Gasteiger partial charge in [0.2, 0.25) is 5.91 Å². The summed E-state index contributed by atoms with van der Waals surface area (Å²) in [6.45, 7) is 5.69. The number of carbonyl (C=O) groups is 2. The molecule has 2 amide bonds. The lowest BCUT2D eigenvalue weighted by Crippen LogP contribution is -2.49. The molecule has 0 saturated heterocycles. The lowest BCUT2D eigenvalue weighted by Gasteiger charge is -2.33. The Bertz CT molecular complexity index is 1000. The third-order valence-electron chi connectivity index (χ3n) is 4.25. The molecule has 30 heavy (non-hydrogen) atoms. The Morgan fingerprint density at radius 1 is 1.10 bits per heavy atom. The molecule has 8 heteroatoms. The maximum Gasteiger partial charge on any atom is 0.280 e. The summed E-state index contributed by atoms with van der Waals surface area (Å²) >= 11 is 1.08. The Kier molecular flexibility index (Phi) is 6.47. The van der Waals surface area contributed by atoms with Gasteiger partial charge in [-0.25, -0.2) is 0 Å². The van der Waals surface area contributed by atoms with Crippen molar-refractivity contribution in [1.29, 1.82) is 0 Å². The second-order valence-corrected chi connectivity index (χ2v) is 8.33. The summed E-state index contributed by atoms with van der Waals surface area (Å²) in [5.74, 6) is -0.125. The fourth-order valence-corrected chi connectivity index (χ4v) is 3.45. The van der Waals surface area contributed by atoms with E-state index < -0.39 is 17.5 Å². The van der Waals surface area contributed by atoms with E-state index >= 15 is 0 Å². The molecule has 0 spiro atoms. The molecular formula is C22H24N4O3S. The van der Waals surface area contributed by atoms with E-state index in [1.807, 2.05) is 39.0 Å². The SMILES string of the molecule is COc1cccc([C@H](C(=O)NC(C)(C)C)N(C(=O)c2csnn2)c2ccccc2)c1. The fraction of sp³-hybridized carbons (Fsp3) is 0.273. The Morgan fingerprint density at radius 2 is 1.83 bits per heavy atom. The molecule has 3 aromatic rings. The molecule has 1 aromatic heterocycles. The van der Waals surface area contributed by atoms with E-state index in [0.29, 0.717) is 17.0 Å². The molecule has 0 aliphatic rings. The van der Waals surface area contributed by atoms with Crippen LogP contribution < -0.4 is 15.0 Å². The van der Waals surface area contributed by atoms with Crippen LogP contribution in [0.2, 0.25) is 0 Å². The number of nitrogens with one attached hydrogen (secondary N) is 1. The van der Waals surface area contributed by atoms with E-state index in [4.69, 9.17) is 4.74 Å². The van der Waals surface area contributed by atoms with E-state index in [1.54, 1.807) is 48.9 Å². The minimum atomic E-state index is -0.934. The van der Waals surface area contributed by atoms with Crippen molar-refractivity contribution in [2.24, 2.45) is 0 Å². The quantitative estimate of drug-likeness (QED) is 0.650. The van der Waals surface area contributed by atoms with Crippen LogP contribution in [0.25, 0.3) is 0 Å². The number of hydrogen-bond donors (Lipinski definition) is 1. The number of aromatic nitrogens is 2. The monoisotopic (exact) mass is 424 g/mol. The maximum absolute atomic E-state index is 13.5. The minimum absolute atomic E-state index is 0.181. The number of hydrogen-bond acceptors (Lipinski definition) is 6. The molecule has 0 bridgehead atoms. The van der Waals surface area contributed by atoms with Crippen LogP contribution in [-0.2, 0) is 4.79 Å². The number of nitrogens with zero attached hydrogens (tertiary/aromatic N) is 3. The highest BCUT2D eigenvalue weighted by Gasteiger charge is 2.35. The van der Waals surface area contributed by atoms with Crippen LogP contribution in [0.5, 0.6) is 5.75 Å². The van der Waals surface area contributed by atoms with Crippen molar-refractivity contribution in [1.82, 2.24) is 14.9 Å². The molecule has 2 aromatic carbocycles. The predicted molar refractivity (Wildman–Crippen MR) is 117 cm³/mol. The molecular weight excluding hydrogens is 400 g/mol. The van der Waals surface area contributed by atoms with Gasteiger partial charge in [0, 0.05) is 16.6 Å². The zero-order valence-electron chi connectivity index (χ0n) is 17.3. The molecule has 0 aliphatic carbocycles. The maximum atomic E-state index is 13.5. The second kappa shape index (κ2) is 9.04. The molecule has 0 saturated carbocycles. The van der Waals surface area contributed by atoms with Gasteiger partial charge >= 0.3 is 0 Å². The van der Waals surface area contributed by atoms with Crippen molar-refractivity contribution < 1.29 is 14.3 Å². The summed E-state index contributed by atoms with van der Waals surface area (Å²) in [6.07, 6.45) is 0. The van der Waals surface area contributed by atoms with Crippen molar-refractivity contribution >= 4 is 29.0 Å². The molecule has 1 N–H and O–H groups in total. The predicted octanol–water partition coefficient (Wildman–Crippen LogP) is 3.85. The first-order valence-corrected chi connectivity index (χ1v) is 10.3. The molecule has 0 fully saturated rings. The molecule has 0 unspecified atom stereocenters. The van der Waals surface area contributed by atoms with Crippen molar-refractivity contribution in [2.75, 3.05) is 12.0 Å². The van der Waals surface area contributed by atoms with Gasteiger partial charge in [0.25, 0.3) is 5.91 Å². The number of carbonyl (C=O) groups excluding carboxylic acids is 2. The Balaban J connectivity index is 2.17. The van der Waals surface area contributed by atoms with Crippen molar-refractivity contribution in [3.05, 3.63) is 71.2 Å². The number of anilines is 1. The highest BCUT2D eigenvalue weighted by Crippen LogP contribution is 2.31. The van der Waals surface area contributed by atoms with Gasteiger partial charge in [0.05, 0.1) is 7.11 Å². The molecule has 0 radical (unpaired) electrons. The van der Waals surface area contributed by atoms with E-state index in [0.717, 1.165) is 11.5 Å². The summed E-state index contributed by atoms with van der Waals surface area (Å²) in [4.78, 5) is 28.4. The Labute approximate surface area is 179 Å². The Morgan fingerprint density at radius 3 is 2.43 bits per heavy atom. The third kappa shape index (κ3) is 5.01. The van der Waals surface area contributed by atoms with E-state index in [2.05, 4.69) is 14.9 Å². The van der Waals surface area contributed by atoms with Gasteiger partial charge in [-0.3, -0.25) is 14.5 Å². The summed E-state index contributed by atoms with van der Waals surface area (Å²) in [7, 11) is 1.56. The van der Waals surface area contributed by atoms with Crippen molar-refractivity contribution in [3.8, 4) is 5.75 Å². The summed E-state index contributed by atoms with van der Waals surface area (Å²) in [5.41, 5.74) is 0.895. The van der Waals surface area contributed by atoms with Gasteiger partial charge in [0.1, 0.15) is 11.8 Å². The number of benzene rings is 2. The van der Waals surface area contributed by atoms with Crippen LogP contribution in [0.3, 0.4) is 0 Å². The summed E-state index contributed by atoms with van der Waals surface area (Å²) in [5, 5.41) is 8.50. The molecule has 0 aliphatic heterocycles. The number of rotatable bonds is 6. The van der Waals surface area contributed by atoms with Crippen LogP contribution in [-0.4, -0.2) is 34.1 Å². The lowest BCUT2D eigenvalue weighted by atomic mass is 10.00. The first-order chi connectivity index (χ1) is 14.3. The van der Waals surface area contributed by atoms with Gasteiger partial charge in [-0.05, 0) is 62.1 Å². The summed E-state index contributed by atoms with van der Waals surface area (Å²) < 4.78 is 9.15. The van der Waals surface area contributed by atoms with Gasteiger partial charge in [-0.2, -0.15) is 0 Å². The van der Waals surface area contributed by atoms with E-state index in [1.165, 1.54) is 4.90 Å². The number of para-hydroxylation sites is 1. The average molecular weight is 425 g/mol. The van der Waals surface area contributed by atoms with E-state index in [9.17, 15) is 9.59 Å². The number of ether oxygens (including phenoxy) is 1. The normalized spacial score (nSPS) is 12.1.